The Labute approximate surface area is 228 Å². The van der Waals surface area contributed by atoms with Crippen LogP contribution in [0.15, 0.2) is 70.3 Å². The van der Waals surface area contributed by atoms with Crippen molar-refractivity contribution < 1.29 is 29.2 Å². The number of likely N-dealkylation sites (tertiary alicyclic amines) is 2. The highest BCUT2D eigenvalue weighted by Crippen LogP contribution is 2.26. The van der Waals surface area contributed by atoms with E-state index in [4.69, 9.17) is 10.5 Å². The van der Waals surface area contributed by atoms with Crippen LogP contribution in [0.25, 0.3) is 5.76 Å². The van der Waals surface area contributed by atoms with Crippen molar-refractivity contribution in [2.24, 2.45) is 10.7 Å². The van der Waals surface area contributed by atoms with Gasteiger partial charge in [0, 0.05) is 62.2 Å². The SMILES string of the molecule is NC(=O)/C(N=CC1=C(F)C=CC=C(N2CCC(O)CC2)C1)=C(/O)c1ccc(OCCN2CCC(O)CC2)cc1. The van der Waals surface area contributed by atoms with Crippen molar-refractivity contribution in [3.05, 3.63) is 70.9 Å². The fourth-order valence-electron chi connectivity index (χ4n) is 4.83. The fourth-order valence-corrected chi connectivity index (χ4v) is 4.83. The Balaban J connectivity index is 1.40. The molecule has 2 aliphatic heterocycles. The second-order valence-corrected chi connectivity index (χ2v) is 10.1. The maximum atomic E-state index is 14.8. The lowest BCUT2D eigenvalue weighted by Gasteiger charge is -2.33. The molecule has 0 atom stereocenters. The predicted molar refractivity (Wildman–Crippen MR) is 148 cm³/mol. The second-order valence-electron chi connectivity index (χ2n) is 10.1. The highest BCUT2D eigenvalue weighted by atomic mass is 19.1. The zero-order valence-electron chi connectivity index (χ0n) is 22.0. The van der Waals surface area contributed by atoms with Crippen molar-refractivity contribution in [2.75, 3.05) is 39.3 Å². The highest BCUT2D eigenvalue weighted by molar-refractivity contribution is 6.00. The molecule has 1 amide bonds. The van der Waals surface area contributed by atoms with Gasteiger partial charge in [0.25, 0.3) is 5.91 Å². The lowest BCUT2D eigenvalue weighted by Crippen LogP contribution is -2.38. The molecule has 2 fully saturated rings. The molecule has 9 nitrogen and oxygen atoms in total. The second kappa shape index (κ2) is 13.5. The van der Waals surface area contributed by atoms with E-state index >= 15 is 0 Å². The largest absolute Gasteiger partial charge is 0.505 e. The van der Waals surface area contributed by atoms with Crippen LogP contribution in [-0.4, -0.2) is 88.8 Å². The van der Waals surface area contributed by atoms with Crippen LogP contribution in [0.2, 0.25) is 0 Å². The summed E-state index contributed by atoms with van der Waals surface area (Å²) in [7, 11) is 0. The van der Waals surface area contributed by atoms with Gasteiger partial charge in [-0.2, -0.15) is 0 Å². The third kappa shape index (κ3) is 8.01. The molecule has 1 aromatic rings. The molecule has 10 heteroatoms. The summed E-state index contributed by atoms with van der Waals surface area (Å²) >= 11 is 0. The van der Waals surface area contributed by atoms with Gasteiger partial charge in [0.2, 0.25) is 0 Å². The number of aliphatic hydroxyl groups excluding tert-OH is 3. The van der Waals surface area contributed by atoms with E-state index in [2.05, 4.69) is 14.8 Å². The van der Waals surface area contributed by atoms with Gasteiger partial charge in [-0.3, -0.25) is 9.69 Å². The number of rotatable bonds is 9. The molecule has 2 heterocycles. The van der Waals surface area contributed by atoms with E-state index in [1.165, 1.54) is 12.3 Å². The lowest BCUT2D eigenvalue weighted by atomic mass is 10.0. The number of carbonyl (C=O) groups is 1. The van der Waals surface area contributed by atoms with E-state index in [9.17, 15) is 24.5 Å². The van der Waals surface area contributed by atoms with Gasteiger partial charge in [0.1, 0.15) is 18.2 Å². The number of aliphatic hydroxyl groups is 3. The molecule has 0 spiro atoms. The summed E-state index contributed by atoms with van der Waals surface area (Å²) in [6.45, 7) is 4.26. The molecule has 3 aliphatic rings. The van der Waals surface area contributed by atoms with Gasteiger partial charge in [0.15, 0.2) is 11.5 Å². The number of carbonyl (C=O) groups excluding carboxylic acids is 1. The Kier molecular flexibility index (Phi) is 9.91. The Morgan fingerprint density at radius 1 is 1.08 bits per heavy atom. The average molecular weight is 541 g/mol. The first-order valence-electron chi connectivity index (χ1n) is 13.4. The number of nitrogens with zero attached hydrogens (tertiary/aromatic N) is 3. The van der Waals surface area contributed by atoms with E-state index in [0.717, 1.165) is 38.2 Å². The van der Waals surface area contributed by atoms with Crippen LogP contribution in [0.5, 0.6) is 5.75 Å². The van der Waals surface area contributed by atoms with E-state index < -0.39 is 17.5 Å². The first-order valence-corrected chi connectivity index (χ1v) is 13.4. The predicted octanol–water partition coefficient (Wildman–Crippen LogP) is 2.83. The zero-order valence-corrected chi connectivity index (χ0v) is 22.0. The van der Waals surface area contributed by atoms with Crippen molar-refractivity contribution in [1.29, 1.82) is 0 Å². The fraction of sp³-hybridized carbons (Fsp3) is 0.448. The lowest BCUT2D eigenvalue weighted by molar-refractivity contribution is -0.114. The molecule has 2 saturated heterocycles. The number of hydrogen-bond acceptors (Lipinski definition) is 8. The van der Waals surface area contributed by atoms with Gasteiger partial charge in [-0.1, -0.05) is 6.08 Å². The minimum Gasteiger partial charge on any atom is -0.505 e. The molecule has 0 saturated carbocycles. The monoisotopic (exact) mass is 540 g/mol. The van der Waals surface area contributed by atoms with Crippen LogP contribution in [0.4, 0.5) is 4.39 Å². The van der Waals surface area contributed by atoms with E-state index in [1.807, 2.05) is 6.08 Å². The summed E-state index contributed by atoms with van der Waals surface area (Å²) < 4.78 is 20.5. The maximum absolute atomic E-state index is 14.8. The first-order chi connectivity index (χ1) is 18.8. The maximum Gasteiger partial charge on any atom is 0.271 e. The van der Waals surface area contributed by atoms with Crippen molar-refractivity contribution in [2.45, 2.75) is 44.3 Å². The molecule has 0 radical (unpaired) electrons. The van der Waals surface area contributed by atoms with Crippen molar-refractivity contribution in [1.82, 2.24) is 9.80 Å². The summed E-state index contributed by atoms with van der Waals surface area (Å²) in [5.41, 5.74) is 6.58. The zero-order chi connectivity index (χ0) is 27.8. The van der Waals surface area contributed by atoms with Crippen LogP contribution in [0.3, 0.4) is 0 Å². The summed E-state index contributed by atoms with van der Waals surface area (Å²) in [6.07, 6.45) is 8.56. The number of hydrogen-bond donors (Lipinski definition) is 4. The van der Waals surface area contributed by atoms with Crippen molar-refractivity contribution in [3.8, 4) is 5.75 Å². The van der Waals surface area contributed by atoms with Crippen molar-refractivity contribution >= 4 is 17.9 Å². The van der Waals surface area contributed by atoms with Crippen LogP contribution >= 0.6 is 0 Å². The molecular formula is C29H37FN4O5. The van der Waals surface area contributed by atoms with Gasteiger partial charge < -0.3 is 30.7 Å². The number of aliphatic imine (C=N–C) groups is 1. The minimum absolute atomic E-state index is 0.213. The molecular weight excluding hydrogens is 503 g/mol. The Hall–Kier alpha value is -3.47. The van der Waals surface area contributed by atoms with Crippen LogP contribution in [0, 0.1) is 0 Å². The highest BCUT2D eigenvalue weighted by Gasteiger charge is 2.21. The molecule has 0 aromatic heterocycles. The van der Waals surface area contributed by atoms with Gasteiger partial charge in [-0.25, -0.2) is 9.38 Å². The smallest absolute Gasteiger partial charge is 0.271 e. The summed E-state index contributed by atoms with van der Waals surface area (Å²) in [5.74, 6) is -1.24. The number of benzene rings is 1. The van der Waals surface area contributed by atoms with Gasteiger partial charge in [-0.15, -0.1) is 0 Å². The van der Waals surface area contributed by atoms with Crippen LogP contribution < -0.4 is 10.5 Å². The average Bonchev–Trinajstić information content (AvgIpc) is 3.11. The van der Waals surface area contributed by atoms with E-state index in [0.29, 0.717) is 43.9 Å². The summed E-state index contributed by atoms with van der Waals surface area (Å²) in [6, 6.07) is 6.55. The third-order valence-electron chi connectivity index (χ3n) is 7.25. The quantitative estimate of drug-likeness (QED) is 0.215. The van der Waals surface area contributed by atoms with Gasteiger partial charge >= 0.3 is 0 Å². The summed E-state index contributed by atoms with van der Waals surface area (Å²) in [5, 5.41) is 30.2. The van der Waals surface area contributed by atoms with E-state index in [1.54, 1.807) is 30.3 Å². The minimum atomic E-state index is -0.943. The topological polar surface area (TPSA) is 132 Å². The van der Waals surface area contributed by atoms with Crippen LogP contribution in [0.1, 0.15) is 37.7 Å². The molecule has 39 heavy (non-hydrogen) atoms. The molecule has 1 aromatic carbocycles. The number of primary amides is 1. The molecule has 0 bridgehead atoms. The molecule has 0 unspecified atom stereocenters. The standard InChI is InChI=1S/C29H37FN4O5/c30-26-3-1-2-22(34-14-10-24(36)11-15-34)18-21(26)19-32-27(29(31)38)28(37)20-4-6-25(7-5-20)39-17-16-33-12-8-23(35)9-13-33/h1-7,19,23-24,35-37H,8-18H2,(H2,31,38)/b28-27-,32-19?. The Bertz CT molecular complexity index is 1160. The van der Waals surface area contributed by atoms with Crippen molar-refractivity contribution in [3.63, 3.8) is 0 Å². The molecule has 5 N–H and O–H groups in total. The number of ether oxygens (including phenoxy) is 1. The van der Waals surface area contributed by atoms with E-state index in [-0.39, 0.29) is 29.9 Å². The number of piperidine rings is 2. The van der Waals surface area contributed by atoms with Gasteiger partial charge in [-0.05, 0) is 62.1 Å². The third-order valence-corrected chi connectivity index (χ3v) is 7.25. The Morgan fingerprint density at radius 2 is 1.72 bits per heavy atom. The first kappa shape index (κ1) is 28.5. The number of nitrogens with two attached hydrogens (primary N) is 1. The summed E-state index contributed by atoms with van der Waals surface area (Å²) in [4.78, 5) is 20.6. The molecule has 210 valence electrons. The molecule has 1 aliphatic carbocycles. The number of allylic oxidation sites excluding steroid dienone is 5. The number of amides is 1. The molecule has 4 rings (SSSR count). The van der Waals surface area contributed by atoms with Gasteiger partial charge in [0.05, 0.1) is 12.2 Å². The normalized spacial score (nSPS) is 20.7. The number of halogens is 1. The van der Waals surface area contributed by atoms with Crippen LogP contribution in [-0.2, 0) is 4.79 Å². The Morgan fingerprint density at radius 3 is 2.36 bits per heavy atom.